The molecule has 0 saturated heterocycles. The summed E-state index contributed by atoms with van der Waals surface area (Å²) in [6.45, 7) is 0. The SMILES string of the molecule is N/C(=C\C(=C/CC1CC=CC2=C1C1(c3ccccc32)c2ccccc2N(c2ccccc2)c2ccccc21)c1ccccc1)c1ccccc1. The maximum Gasteiger partial charge on any atom is 0.0720 e. The van der Waals surface area contributed by atoms with E-state index < -0.39 is 5.41 Å². The van der Waals surface area contributed by atoms with E-state index in [1.54, 1.807) is 0 Å². The van der Waals surface area contributed by atoms with Gasteiger partial charge in [-0.2, -0.15) is 0 Å². The minimum Gasteiger partial charge on any atom is -0.398 e. The summed E-state index contributed by atoms with van der Waals surface area (Å²) >= 11 is 0. The number of para-hydroxylation sites is 3. The van der Waals surface area contributed by atoms with Crippen LogP contribution >= 0.6 is 0 Å². The molecule has 9 rings (SSSR count). The maximum absolute atomic E-state index is 6.76. The van der Waals surface area contributed by atoms with E-state index in [4.69, 9.17) is 5.73 Å². The van der Waals surface area contributed by atoms with Gasteiger partial charge >= 0.3 is 0 Å². The smallest absolute Gasteiger partial charge is 0.0720 e. The lowest BCUT2D eigenvalue weighted by Crippen LogP contribution is -2.39. The Morgan fingerprint density at radius 3 is 1.82 bits per heavy atom. The molecule has 0 fully saturated rings. The standard InChI is InChI=1S/C48H38N2/c49-44(35-19-6-2-7-20-35)33-37(34-17-4-1-5-18-34)32-31-36-21-16-25-40-39-24-10-11-26-41(39)48(47(36)40)42-27-12-14-29-45(42)50(38-22-8-3-9-23-38)46-30-15-13-28-43(46)48/h1-20,22-30,32-33,36H,21,31,49H2/b37-32+,44-33-. The van der Waals surface area contributed by atoms with Gasteiger partial charge in [0.2, 0.25) is 0 Å². The van der Waals surface area contributed by atoms with E-state index in [-0.39, 0.29) is 5.92 Å². The predicted molar refractivity (Wildman–Crippen MR) is 209 cm³/mol. The fourth-order valence-corrected chi connectivity index (χ4v) is 8.65. The molecule has 0 saturated carbocycles. The van der Waals surface area contributed by atoms with Crippen molar-refractivity contribution in [2.24, 2.45) is 11.7 Å². The molecule has 1 atom stereocenters. The molecule has 1 aliphatic heterocycles. The molecule has 0 bridgehead atoms. The lowest BCUT2D eigenvalue weighted by molar-refractivity contribution is 0.546. The molecule has 50 heavy (non-hydrogen) atoms. The van der Waals surface area contributed by atoms with Crippen molar-refractivity contribution in [1.29, 1.82) is 0 Å². The average Bonchev–Trinajstić information content (AvgIpc) is 3.49. The van der Waals surface area contributed by atoms with Crippen LogP contribution in [0.4, 0.5) is 17.1 Å². The second-order valence-electron chi connectivity index (χ2n) is 13.4. The van der Waals surface area contributed by atoms with Crippen LogP contribution in [-0.2, 0) is 5.41 Å². The first-order valence-corrected chi connectivity index (χ1v) is 17.6. The first kappa shape index (κ1) is 30.0. The molecule has 0 amide bonds. The van der Waals surface area contributed by atoms with Gasteiger partial charge in [-0.25, -0.2) is 0 Å². The van der Waals surface area contributed by atoms with E-state index in [2.05, 4.69) is 175 Å². The first-order valence-electron chi connectivity index (χ1n) is 17.6. The summed E-state index contributed by atoms with van der Waals surface area (Å²) in [5, 5.41) is 0. The van der Waals surface area contributed by atoms with Crippen molar-refractivity contribution in [2.45, 2.75) is 18.3 Å². The van der Waals surface area contributed by atoms with E-state index in [1.165, 1.54) is 56.0 Å². The second-order valence-corrected chi connectivity index (χ2v) is 13.4. The number of nitrogens with zero attached hydrogens (tertiary/aromatic N) is 1. The van der Waals surface area contributed by atoms with Gasteiger partial charge in [-0.3, -0.25) is 0 Å². The van der Waals surface area contributed by atoms with Crippen molar-refractivity contribution in [2.75, 3.05) is 4.90 Å². The molecule has 1 heterocycles. The number of anilines is 3. The molecule has 1 spiro atoms. The third-order valence-corrected chi connectivity index (χ3v) is 10.7. The van der Waals surface area contributed by atoms with Gasteiger partial charge < -0.3 is 10.6 Å². The Morgan fingerprint density at radius 1 is 0.620 bits per heavy atom. The number of rotatable bonds is 6. The zero-order valence-electron chi connectivity index (χ0n) is 27.9. The van der Waals surface area contributed by atoms with Crippen LogP contribution in [0.25, 0.3) is 16.8 Å². The molecule has 2 heteroatoms. The molecule has 0 radical (unpaired) electrons. The van der Waals surface area contributed by atoms with Gasteiger partial charge in [-0.15, -0.1) is 0 Å². The summed E-state index contributed by atoms with van der Waals surface area (Å²) in [4.78, 5) is 2.45. The zero-order chi connectivity index (χ0) is 33.5. The van der Waals surface area contributed by atoms with E-state index in [0.717, 1.165) is 29.7 Å². The molecule has 2 nitrogen and oxygen atoms in total. The monoisotopic (exact) mass is 642 g/mol. The number of hydrogen-bond donors (Lipinski definition) is 1. The van der Waals surface area contributed by atoms with E-state index in [0.29, 0.717) is 0 Å². The summed E-state index contributed by atoms with van der Waals surface area (Å²) in [6.07, 6.45) is 11.2. The third-order valence-electron chi connectivity index (χ3n) is 10.7. The highest BCUT2D eigenvalue weighted by Gasteiger charge is 2.54. The van der Waals surface area contributed by atoms with Gasteiger partial charge in [0.25, 0.3) is 0 Å². The van der Waals surface area contributed by atoms with Crippen LogP contribution < -0.4 is 10.6 Å². The van der Waals surface area contributed by atoms with Crippen LogP contribution in [-0.4, -0.2) is 0 Å². The normalized spacial score (nSPS) is 17.3. The maximum atomic E-state index is 6.76. The van der Waals surface area contributed by atoms with Crippen molar-refractivity contribution < 1.29 is 0 Å². The van der Waals surface area contributed by atoms with Crippen molar-refractivity contribution in [3.05, 3.63) is 227 Å². The van der Waals surface area contributed by atoms with Crippen LogP contribution in [0.3, 0.4) is 0 Å². The van der Waals surface area contributed by atoms with Crippen molar-refractivity contribution in [1.82, 2.24) is 0 Å². The highest BCUT2D eigenvalue weighted by molar-refractivity contribution is 5.97. The average molecular weight is 643 g/mol. The Morgan fingerprint density at radius 2 is 1.16 bits per heavy atom. The lowest BCUT2D eigenvalue weighted by Gasteiger charge is -2.47. The van der Waals surface area contributed by atoms with Gasteiger partial charge in [-0.1, -0.05) is 158 Å². The van der Waals surface area contributed by atoms with Crippen LogP contribution in [0.5, 0.6) is 0 Å². The van der Waals surface area contributed by atoms with Gasteiger partial charge in [0.15, 0.2) is 0 Å². The first-order chi connectivity index (χ1) is 24.7. The molecule has 3 aliphatic rings. The summed E-state index contributed by atoms with van der Waals surface area (Å²) in [5.41, 5.74) is 22.3. The molecule has 0 aromatic heterocycles. The van der Waals surface area contributed by atoms with Crippen LogP contribution in [0, 0.1) is 5.92 Å². The quantitative estimate of drug-likeness (QED) is 0.183. The van der Waals surface area contributed by atoms with Crippen molar-refractivity contribution in [3.63, 3.8) is 0 Å². The zero-order valence-corrected chi connectivity index (χ0v) is 27.9. The molecular formula is C48H38N2. The minimum atomic E-state index is -0.431. The minimum absolute atomic E-state index is 0.275. The molecular weight excluding hydrogens is 605 g/mol. The molecule has 6 aromatic carbocycles. The molecule has 2 aliphatic carbocycles. The summed E-state index contributed by atoms with van der Waals surface area (Å²) in [6, 6.07) is 59.0. The van der Waals surface area contributed by atoms with Crippen molar-refractivity contribution in [3.8, 4) is 0 Å². The van der Waals surface area contributed by atoms with Gasteiger partial charge in [0.1, 0.15) is 0 Å². The number of fused-ring (bicyclic) bond motifs is 8. The van der Waals surface area contributed by atoms with Gasteiger partial charge in [0, 0.05) is 11.4 Å². The topological polar surface area (TPSA) is 29.3 Å². The highest BCUT2D eigenvalue weighted by Crippen LogP contribution is 2.65. The molecule has 2 N–H and O–H groups in total. The van der Waals surface area contributed by atoms with Crippen molar-refractivity contribution >= 4 is 33.9 Å². The van der Waals surface area contributed by atoms with Gasteiger partial charge in [0.05, 0.1) is 16.8 Å². The van der Waals surface area contributed by atoms with Crippen LogP contribution in [0.15, 0.2) is 194 Å². The lowest BCUT2D eigenvalue weighted by atomic mass is 9.60. The molecule has 1 unspecified atom stereocenters. The third kappa shape index (κ3) is 4.71. The summed E-state index contributed by atoms with van der Waals surface area (Å²) in [5.74, 6) is 0.275. The van der Waals surface area contributed by atoms with E-state index in [1.807, 2.05) is 18.2 Å². The second kappa shape index (κ2) is 12.4. The Labute approximate surface area is 294 Å². The fourth-order valence-electron chi connectivity index (χ4n) is 8.65. The highest BCUT2D eigenvalue weighted by atomic mass is 15.2. The Hall–Kier alpha value is -6.12. The number of hydrogen-bond acceptors (Lipinski definition) is 2. The van der Waals surface area contributed by atoms with E-state index in [9.17, 15) is 0 Å². The molecule has 240 valence electrons. The molecule has 6 aromatic rings. The predicted octanol–water partition coefficient (Wildman–Crippen LogP) is 11.6. The fraction of sp³-hybridized carbons (Fsp3) is 0.0833. The Kier molecular flexibility index (Phi) is 7.43. The summed E-state index contributed by atoms with van der Waals surface area (Å²) in [7, 11) is 0. The number of nitrogens with two attached hydrogens (primary N) is 1. The Bertz CT molecular complexity index is 2280. The Balaban J connectivity index is 1.25. The van der Waals surface area contributed by atoms with Crippen LogP contribution in [0.1, 0.15) is 46.2 Å². The van der Waals surface area contributed by atoms with Gasteiger partial charge in [-0.05, 0) is 99.2 Å². The summed E-state index contributed by atoms with van der Waals surface area (Å²) < 4.78 is 0. The largest absolute Gasteiger partial charge is 0.398 e. The van der Waals surface area contributed by atoms with E-state index >= 15 is 0 Å². The number of allylic oxidation sites excluding steroid dienone is 7. The number of benzene rings is 6. The van der Waals surface area contributed by atoms with Crippen LogP contribution in [0.2, 0.25) is 0 Å².